The van der Waals surface area contributed by atoms with E-state index in [0.29, 0.717) is 12.3 Å². The molecule has 2 unspecified atom stereocenters. The average molecular weight is 283 g/mol. The largest absolute Gasteiger partial charge is 0.497 e. The molecule has 0 aliphatic carbocycles. The standard InChI is InChI=1S/C15H25NO4/c1-12(4-3-9-17)16-10-13(18)11-20-15-7-5-14(19-2)6-8-15/h5-8,12-13,16-18H,3-4,9-11H2,1-2H3. The van der Waals surface area contributed by atoms with Crippen molar-refractivity contribution in [1.29, 1.82) is 0 Å². The molecule has 0 fully saturated rings. The highest BCUT2D eigenvalue weighted by Crippen LogP contribution is 2.16. The summed E-state index contributed by atoms with van der Waals surface area (Å²) < 4.78 is 10.6. The van der Waals surface area contributed by atoms with E-state index >= 15 is 0 Å². The molecule has 1 rings (SSSR count). The van der Waals surface area contributed by atoms with Gasteiger partial charge in [0.05, 0.1) is 7.11 Å². The summed E-state index contributed by atoms with van der Waals surface area (Å²) in [6, 6.07) is 7.53. The summed E-state index contributed by atoms with van der Waals surface area (Å²) in [5, 5.41) is 21.8. The third-order valence-corrected chi connectivity index (χ3v) is 3.00. The van der Waals surface area contributed by atoms with Gasteiger partial charge in [0.1, 0.15) is 24.2 Å². The Morgan fingerprint density at radius 3 is 2.45 bits per heavy atom. The average Bonchev–Trinajstić information content (AvgIpc) is 2.49. The Hall–Kier alpha value is -1.30. The fraction of sp³-hybridized carbons (Fsp3) is 0.600. The van der Waals surface area contributed by atoms with Crippen LogP contribution in [0, 0.1) is 0 Å². The number of aliphatic hydroxyl groups is 2. The first kappa shape index (κ1) is 16.8. The van der Waals surface area contributed by atoms with Gasteiger partial charge in [-0.1, -0.05) is 0 Å². The maximum atomic E-state index is 9.82. The molecule has 114 valence electrons. The summed E-state index contributed by atoms with van der Waals surface area (Å²) in [6.07, 6.45) is 1.10. The molecule has 20 heavy (non-hydrogen) atoms. The SMILES string of the molecule is COc1ccc(OCC(O)CNC(C)CCCO)cc1. The minimum absolute atomic E-state index is 0.204. The minimum atomic E-state index is -0.561. The topological polar surface area (TPSA) is 71.0 Å². The van der Waals surface area contributed by atoms with Gasteiger partial charge in [-0.25, -0.2) is 0 Å². The molecule has 0 heterocycles. The molecule has 0 amide bonds. The molecule has 1 aromatic carbocycles. The van der Waals surface area contributed by atoms with Crippen molar-refractivity contribution in [2.24, 2.45) is 0 Å². The lowest BCUT2D eigenvalue weighted by Gasteiger charge is -2.17. The van der Waals surface area contributed by atoms with Gasteiger partial charge in [-0.3, -0.25) is 0 Å². The van der Waals surface area contributed by atoms with Crippen molar-refractivity contribution in [2.45, 2.75) is 31.9 Å². The monoisotopic (exact) mass is 283 g/mol. The lowest BCUT2D eigenvalue weighted by atomic mass is 10.2. The van der Waals surface area contributed by atoms with Crippen LogP contribution >= 0.6 is 0 Å². The van der Waals surface area contributed by atoms with E-state index in [9.17, 15) is 5.11 Å². The Labute approximate surface area is 120 Å². The second-order valence-electron chi connectivity index (χ2n) is 4.82. The van der Waals surface area contributed by atoms with Crippen molar-refractivity contribution in [2.75, 3.05) is 26.9 Å². The molecule has 0 bridgehead atoms. The zero-order valence-corrected chi connectivity index (χ0v) is 12.2. The number of benzene rings is 1. The fourth-order valence-corrected chi connectivity index (χ4v) is 1.76. The van der Waals surface area contributed by atoms with Crippen LogP contribution in [-0.2, 0) is 0 Å². The lowest BCUT2D eigenvalue weighted by Crippen LogP contribution is -2.36. The normalized spacial score (nSPS) is 13.8. The van der Waals surface area contributed by atoms with Crippen LogP contribution in [-0.4, -0.2) is 49.2 Å². The molecule has 2 atom stereocenters. The fourth-order valence-electron chi connectivity index (χ4n) is 1.76. The van der Waals surface area contributed by atoms with Crippen LogP contribution in [0.5, 0.6) is 11.5 Å². The van der Waals surface area contributed by atoms with Crippen LogP contribution < -0.4 is 14.8 Å². The first-order valence-electron chi connectivity index (χ1n) is 6.95. The van der Waals surface area contributed by atoms with Gasteiger partial charge in [-0.05, 0) is 44.0 Å². The third kappa shape index (κ3) is 6.75. The van der Waals surface area contributed by atoms with Crippen LogP contribution in [0.15, 0.2) is 24.3 Å². The predicted molar refractivity (Wildman–Crippen MR) is 78.3 cm³/mol. The van der Waals surface area contributed by atoms with Crippen molar-refractivity contribution in [3.05, 3.63) is 24.3 Å². The molecular formula is C15H25NO4. The van der Waals surface area contributed by atoms with Gasteiger partial charge < -0.3 is 25.0 Å². The molecule has 5 heteroatoms. The summed E-state index contributed by atoms with van der Waals surface area (Å²) in [7, 11) is 1.61. The summed E-state index contributed by atoms with van der Waals surface area (Å²) >= 11 is 0. The highest BCUT2D eigenvalue weighted by atomic mass is 16.5. The zero-order valence-electron chi connectivity index (χ0n) is 12.2. The molecule has 0 radical (unpaired) electrons. The predicted octanol–water partition coefficient (Wildman–Crippen LogP) is 1.19. The first-order valence-corrected chi connectivity index (χ1v) is 6.95. The van der Waals surface area contributed by atoms with Gasteiger partial charge in [-0.15, -0.1) is 0 Å². The van der Waals surface area contributed by atoms with Crippen molar-refractivity contribution < 1.29 is 19.7 Å². The van der Waals surface area contributed by atoms with Crippen LogP contribution in [0.4, 0.5) is 0 Å². The number of ether oxygens (including phenoxy) is 2. The molecule has 0 saturated carbocycles. The molecule has 0 saturated heterocycles. The molecular weight excluding hydrogens is 258 g/mol. The van der Waals surface area contributed by atoms with E-state index in [2.05, 4.69) is 5.32 Å². The second kappa shape index (κ2) is 9.58. The number of rotatable bonds is 10. The Bertz CT molecular complexity index is 355. The maximum absolute atomic E-state index is 9.82. The molecule has 0 aliphatic rings. The maximum Gasteiger partial charge on any atom is 0.119 e. The van der Waals surface area contributed by atoms with Crippen molar-refractivity contribution in [3.8, 4) is 11.5 Å². The van der Waals surface area contributed by atoms with Crippen LogP contribution in [0.2, 0.25) is 0 Å². The van der Waals surface area contributed by atoms with Crippen LogP contribution in [0.25, 0.3) is 0 Å². The van der Waals surface area contributed by atoms with E-state index in [1.54, 1.807) is 7.11 Å². The van der Waals surface area contributed by atoms with Crippen LogP contribution in [0.1, 0.15) is 19.8 Å². The van der Waals surface area contributed by atoms with Crippen molar-refractivity contribution in [3.63, 3.8) is 0 Å². The lowest BCUT2D eigenvalue weighted by molar-refractivity contribution is 0.103. The van der Waals surface area contributed by atoms with E-state index in [1.165, 1.54) is 0 Å². The highest BCUT2D eigenvalue weighted by molar-refractivity contribution is 5.31. The number of hydrogen-bond donors (Lipinski definition) is 3. The number of aliphatic hydroxyl groups excluding tert-OH is 2. The smallest absolute Gasteiger partial charge is 0.119 e. The molecule has 0 aliphatic heterocycles. The number of methoxy groups -OCH3 is 1. The quantitative estimate of drug-likeness (QED) is 0.601. The minimum Gasteiger partial charge on any atom is -0.497 e. The molecule has 3 N–H and O–H groups in total. The Morgan fingerprint density at radius 1 is 1.20 bits per heavy atom. The van der Waals surface area contributed by atoms with Gasteiger partial charge >= 0.3 is 0 Å². The van der Waals surface area contributed by atoms with Gasteiger partial charge in [0.25, 0.3) is 0 Å². The summed E-state index contributed by atoms with van der Waals surface area (Å²) in [5.41, 5.74) is 0. The van der Waals surface area contributed by atoms with Gasteiger partial charge in [0.15, 0.2) is 0 Å². The van der Waals surface area contributed by atoms with Crippen LogP contribution in [0.3, 0.4) is 0 Å². The van der Waals surface area contributed by atoms with Gasteiger partial charge in [0.2, 0.25) is 0 Å². The summed E-state index contributed by atoms with van der Waals surface area (Å²) in [6.45, 7) is 2.96. The number of hydrogen-bond acceptors (Lipinski definition) is 5. The van der Waals surface area contributed by atoms with Gasteiger partial charge in [0, 0.05) is 19.2 Å². The Morgan fingerprint density at radius 2 is 1.85 bits per heavy atom. The van der Waals surface area contributed by atoms with E-state index < -0.39 is 6.10 Å². The Balaban J connectivity index is 2.20. The van der Waals surface area contributed by atoms with Crippen molar-refractivity contribution in [1.82, 2.24) is 5.32 Å². The Kier molecular flexibility index (Phi) is 8.02. The van der Waals surface area contributed by atoms with E-state index in [1.807, 2.05) is 31.2 Å². The molecule has 0 aromatic heterocycles. The van der Waals surface area contributed by atoms with E-state index in [4.69, 9.17) is 14.6 Å². The van der Waals surface area contributed by atoms with Crippen molar-refractivity contribution >= 4 is 0 Å². The molecule has 5 nitrogen and oxygen atoms in total. The second-order valence-corrected chi connectivity index (χ2v) is 4.82. The highest BCUT2D eigenvalue weighted by Gasteiger charge is 2.08. The van der Waals surface area contributed by atoms with E-state index in [-0.39, 0.29) is 19.3 Å². The van der Waals surface area contributed by atoms with E-state index in [0.717, 1.165) is 18.6 Å². The summed E-state index contributed by atoms with van der Waals surface area (Å²) in [4.78, 5) is 0. The molecule has 0 spiro atoms. The zero-order chi connectivity index (χ0) is 14.8. The molecule has 1 aromatic rings. The number of nitrogens with one attached hydrogen (secondary N) is 1. The summed E-state index contributed by atoms with van der Waals surface area (Å²) in [5.74, 6) is 1.48. The third-order valence-electron chi connectivity index (χ3n) is 3.00. The van der Waals surface area contributed by atoms with Gasteiger partial charge in [-0.2, -0.15) is 0 Å². The first-order chi connectivity index (χ1) is 9.65.